The number of non-ortho nitro benzene ring substituents is 2. The summed E-state index contributed by atoms with van der Waals surface area (Å²) in [7, 11) is 0. The van der Waals surface area contributed by atoms with Crippen molar-refractivity contribution >= 4 is 56.8 Å². The van der Waals surface area contributed by atoms with Crippen LogP contribution in [0.4, 0.5) is 11.4 Å². The van der Waals surface area contributed by atoms with E-state index >= 15 is 19.2 Å². The molecular formula is C90H102N6O8. The lowest BCUT2D eigenvalue weighted by Crippen LogP contribution is -2.28. The molecule has 104 heavy (non-hydrogen) atoms. The normalized spacial score (nSPS) is 17.1. The molecular weight excluding hydrogens is 1290 g/mol. The van der Waals surface area contributed by atoms with Crippen LogP contribution in [0.5, 0.6) is 0 Å². The van der Waals surface area contributed by atoms with Gasteiger partial charge in [-0.05, 0) is 174 Å². The molecule has 5 heterocycles. The number of carbonyl (C=O) groups excluding carboxylic acids is 4. The van der Waals surface area contributed by atoms with Crippen molar-refractivity contribution in [1.29, 1.82) is 0 Å². The van der Waals surface area contributed by atoms with Gasteiger partial charge in [0.25, 0.3) is 11.4 Å². The lowest BCUT2D eigenvalue weighted by molar-refractivity contribution is -0.385. The Morgan fingerprint density at radius 3 is 0.606 bits per heavy atom. The molecule has 6 aromatic rings. The van der Waals surface area contributed by atoms with Crippen LogP contribution in [0.15, 0.2) is 213 Å². The van der Waals surface area contributed by atoms with Gasteiger partial charge in [0.05, 0.1) is 32.6 Å². The second-order valence-corrected chi connectivity index (χ2v) is 36.9. The molecule has 0 saturated heterocycles. The summed E-state index contributed by atoms with van der Waals surface area (Å²) < 4.78 is 4.50. The van der Waals surface area contributed by atoms with Gasteiger partial charge in [-0.2, -0.15) is 0 Å². The van der Waals surface area contributed by atoms with Crippen LogP contribution in [0.3, 0.4) is 0 Å². The first-order valence-electron chi connectivity index (χ1n) is 36.1. The molecule has 0 radical (unpaired) electrons. The highest BCUT2D eigenvalue weighted by atomic mass is 16.6. The Morgan fingerprint density at radius 1 is 0.279 bits per heavy atom. The van der Waals surface area contributed by atoms with E-state index in [4.69, 9.17) is 0 Å². The highest BCUT2D eigenvalue weighted by Gasteiger charge is 2.42. The van der Waals surface area contributed by atoms with Gasteiger partial charge in [-0.25, -0.2) is 0 Å². The van der Waals surface area contributed by atoms with E-state index in [9.17, 15) is 20.2 Å². The number of hydrogen-bond donors (Lipinski definition) is 2. The number of Topliss-reactive ketones (excluding diaryl/α,β-unsaturated/α-hetero) is 4. The molecule has 11 rings (SSSR count). The summed E-state index contributed by atoms with van der Waals surface area (Å²) in [6, 6.07) is 30.0. The summed E-state index contributed by atoms with van der Waals surface area (Å²) in [6.45, 7) is 49.8. The van der Waals surface area contributed by atoms with Gasteiger partial charge in [-0.3, -0.25) is 39.4 Å². The molecule has 0 fully saturated rings. The van der Waals surface area contributed by atoms with E-state index < -0.39 is 53.2 Å². The Morgan fingerprint density at radius 2 is 0.452 bits per heavy atom. The number of allylic oxidation sites excluding steroid dienone is 20. The Balaban J connectivity index is 1.44. The van der Waals surface area contributed by atoms with Crippen molar-refractivity contribution in [2.45, 2.75) is 179 Å². The van der Waals surface area contributed by atoms with Crippen molar-refractivity contribution in [2.75, 3.05) is 0 Å². The molecule has 0 saturated carbocycles. The van der Waals surface area contributed by atoms with E-state index in [-0.39, 0.29) is 47.6 Å². The van der Waals surface area contributed by atoms with Gasteiger partial charge >= 0.3 is 0 Å². The zero-order chi connectivity index (χ0) is 76.6. The van der Waals surface area contributed by atoms with Crippen LogP contribution in [0.1, 0.15) is 223 Å². The number of benzene rings is 2. The first kappa shape index (κ1) is 75.1. The van der Waals surface area contributed by atoms with Crippen LogP contribution in [0, 0.1) is 63.5 Å². The molecule has 8 bridgehead atoms. The molecule has 0 unspecified atom stereocenters. The maximum Gasteiger partial charge on any atom is 0.269 e. The van der Waals surface area contributed by atoms with Crippen LogP contribution >= 0.6 is 0 Å². The minimum Gasteiger partial charge on any atom is -0.354 e. The third kappa shape index (κ3) is 14.4. The minimum absolute atomic E-state index is 0.0447. The monoisotopic (exact) mass is 1390 g/mol. The van der Waals surface area contributed by atoms with E-state index in [1.54, 1.807) is 24.3 Å². The van der Waals surface area contributed by atoms with E-state index in [1.165, 1.54) is 24.3 Å². The fourth-order valence-electron chi connectivity index (χ4n) is 14.6. The highest BCUT2D eigenvalue weighted by Crippen LogP contribution is 2.50. The van der Waals surface area contributed by atoms with Crippen LogP contribution in [0.2, 0.25) is 0 Å². The molecule has 5 aliphatic rings. The van der Waals surface area contributed by atoms with Gasteiger partial charge in [-0.15, -0.1) is 0 Å². The number of ketones is 4. The summed E-state index contributed by atoms with van der Waals surface area (Å²) >= 11 is 0. The van der Waals surface area contributed by atoms with E-state index in [2.05, 4.69) is 234 Å². The van der Waals surface area contributed by atoms with E-state index in [1.807, 2.05) is 48.6 Å². The fourth-order valence-corrected chi connectivity index (χ4v) is 14.6. The molecule has 4 aliphatic carbocycles. The number of aromatic amines is 2. The lowest BCUT2D eigenvalue weighted by Gasteiger charge is -2.32. The van der Waals surface area contributed by atoms with Gasteiger partial charge in [-0.1, -0.05) is 190 Å². The van der Waals surface area contributed by atoms with Crippen LogP contribution < -0.4 is 0 Å². The van der Waals surface area contributed by atoms with Crippen molar-refractivity contribution in [3.63, 3.8) is 0 Å². The summed E-state index contributed by atoms with van der Waals surface area (Å²) in [5.41, 5.74) is 13.0. The summed E-state index contributed by atoms with van der Waals surface area (Å²) in [4.78, 5) is 93.0. The van der Waals surface area contributed by atoms with E-state index in [0.29, 0.717) is 67.4 Å². The number of nitro groups is 2. The standard InChI is InChI=1S/C90H102N6O8/c1-83(2,3)59-41-53(42-60(79(59)97)84(4,5)6)75-67-33-34-68(91-67)76(54-43-61(85(7,8)9)80(98)62(44-54)86(10,11)12)73-39-40-74(94(73)50-52-27-31-58(32-28-52)96(103)104)78(56-47-65(89(19,20)21)82(100)66(48-56)90(22,23)24)70-36-35-69(92-70)77(55-45-63(87(13,14)15)81(99)64(46-55)88(16,17)18)72-38-37-71(75)93(72)49-51-25-29-57(30-26-51)95(101)102/h25-48,91-92H,49-50H2,1-24H3. The zero-order valence-electron chi connectivity index (χ0n) is 65.3. The number of hydrogen-bond acceptors (Lipinski definition) is 8. The molecule has 2 aromatic carbocycles. The van der Waals surface area contributed by atoms with Gasteiger partial charge < -0.3 is 19.1 Å². The van der Waals surface area contributed by atoms with Crippen LogP contribution in [-0.2, 0) is 32.3 Å². The number of carbonyl (C=O) groups is 4. The van der Waals surface area contributed by atoms with Gasteiger partial charge in [0.2, 0.25) is 0 Å². The Bertz CT molecular complexity index is 4380. The van der Waals surface area contributed by atoms with Crippen molar-refractivity contribution in [3.8, 4) is 0 Å². The number of nitrogens with zero attached hydrogens (tertiary/aromatic N) is 4. The molecule has 0 spiro atoms. The SMILES string of the molecule is CC(C)(C)C1=CC(=C2c3ccc([nH]3)C(=C3C=C(C(C)(C)C)C(=O)C(C(C)(C)C)=C3)c3ccc(n3Cc3ccc([N+](=O)[O-])cc3)C(=C3C=C(C(C)(C)C)C(=O)C(C(C)(C)C)=C3)c3ccc([nH]3)C(=C3C=C(C(C)(C)C)C(=O)C(C(C)(C)C)=C3)c3ccc2n3Cc2ccc([N+](=O)[O-])cc2)C=C(C(C)(C)C)C1=O. The predicted octanol–water partition coefficient (Wildman–Crippen LogP) is 21.5. The molecule has 2 N–H and O–H groups in total. The lowest BCUT2D eigenvalue weighted by atomic mass is 9.71. The Kier molecular flexibility index (Phi) is 18.7. The molecule has 0 atom stereocenters. The fraction of sp³-hybridized carbons (Fsp3) is 0.378. The number of nitro benzene ring substituents is 2. The maximum absolute atomic E-state index is 15.2. The first-order chi connectivity index (χ1) is 47.9. The van der Waals surface area contributed by atoms with Crippen LogP contribution in [-0.4, -0.2) is 52.1 Å². The third-order valence-corrected chi connectivity index (χ3v) is 20.4. The van der Waals surface area contributed by atoms with Crippen molar-refractivity contribution in [2.24, 2.45) is 43.3 Å². The molecule has 540 valence electrons. The number of H-pyrrole nitrogens is 2. The van der Waals surface area contributed by atoms with Gasteiger partial charge in [0.15, 0.2) is 23.1 Å². The zero-order valence-corrected chi connectivity index (χ0v) is 65.3. The van der Waals surface area contributed by atoms with Gasteiger partial charge in [0.1, 0.15) is 0 Å². The predicted molar refractivity (Wildman–Crippen MR) is 419 cm³/mol. The van der Waals surface area contributed by atoms with Crippen molar-refractivity contribution < 1.29 is 29.0 Å². The van der Waals surface area contributed by atoms with Crippen molar-refractivity contribution in [1.82, 2.24) is 19.1 Å². The number of fused-ring (bicyclic) bond motifs is 8. The van der Waals surface area contributed by atoms with Crippen molar-refractivity contribution in [3.05, 3.63) is 289 Å². The molecule has 0 amide bonds. The second-order valence-electron chi connectivity index (χ2n) is 36.9. The average Bonchev–Trinajstić information content (AvgIpc) is 1.54. The van der Waals surface area contributed by atoms with E-state index in [0.717, 1.165) is 78.5 Å². The smallest absolute Gasteiger partial charge is 0.269 e. The largest absolute Gasteiger partial charge is 0.354 e. The second kappa shape index (κ2) is 26.0. The van der Waals surface area contributed by atoms with Gasteiger partial charge in [0, 0.05) is 127 Å². The number of rotatable bonds is 6. The first-order valence-corrected chi connectivity index (χ1v) is 36.1. The minimum atomic E-state index is -0.624. The third-order valence-electron chi connectivity index (χ3n) is 20.4. The molecule has 1 aliphatic heterocycles. The molecule has 14 nitrogen and oxygen atoms in total. The quantitative estimate of drug-likeness (QED) is 0.121. The maximum atomic E-state index is 15.2. The summed E-state index contributed by atoms with van der Waals surface area (Å²) in [5.74, 6) is -0.179. The Labute approximate surface area is 613 Å². The summed E-state index contributed by atoms with van der Waals surface area (Å²) in [5, 5.41) is 24.8. The van der Waals surface area contributed by atoms with Crippen LogP contribution in [0.25, 0.3) is 22.3 Å². The molecule has 4 aromatic heterocycles. The number of aromatic nitrogens is 4. The number of nitrogens with one attached hydrogen (secondary N) is 2. The topological polar surface area (TPSA) is 196 Å². The summed E-state index contributed by atoms with van der Waals surface area (Å²) in [6.07, 6.45) is 16.3. The molecule has 14 heteroatoms. The average molecular weight is 1400 g/mol. The highest BCUT2D eigenvalue weighted by molar-refractivity contribution is 6.16. The Hall–Kier alpha value is -10.1.